The summed E-state index contributed by atoms with van der Waals surface area (Å²) in [5.41, 5.74) is 2.43. The van der Waals surface area contributed by atoms with E-state index in [4.69, 9.17) is 4.74 Å². The van der Waals surface area contributed by atoms with Crippen molar-refractivity contribution >= 4 is 0 Å². The summed E-state index contributed by atoms with van der Waals surface area (Å²) >= 11 is 0. The Morgan fingerprint density at radius 2 is 2.11 bits per heavy atom. The summed E-state index contributed by atoms with van der Waals surface area (Å²) in [6, 6.07) is 8.51. The maximum atomic E-state index is 5.29. The molecule has 1 aromatic carbocycles. The van der Waals surface area contributed by atoms with Crippen LogP contribution in [0.5, 0.6) is 0 Å². The molecule has 1 N–H and O–H groups in total. The third-order valence-corrected chi connectivity index (χ3v) is 2.91. The summed E-state index contributed by atoms with van der Waals surface area (Å²) in [5.74, 6) is 0. The van der Waals surface area contributed by atoms with Crippen LogP contribution in [-0.2, 0) is 11.3 Å². The van der Waals surface area contributed by atoms with Gasteiger partial charge in [-0.1, -0.05) is 12.1 Å². The number of hydrogen-bond acceptors (Lipinski definition) is 3. The predicted octanol–water partition coefficient (Wildman–Crippen LogP) is 2.39. The average Bonchev–Trinajstić information content (AvgIpc) is 2.97. The Kier molecular flexibility index (Phi) is 5.59. The highest BCUT2D eigenvalue weighted by Crippen LogP contribution is 2.08. The van der Waals surface area contributed by atoms with Crippen LogP contribution in [0.15, 0.2) is 43.0 Å². The molecule has 0 bridgehead atoms. The van der Waals surface area contributed by atoms with Crippen molar-refractivity contribution in [3.05, 3.63) is 48.5 Å². The van der Waals surface area contributed by atoms with Gasteiger partial charge in [-0.3, -0.25) is 0 Å². The SMILES string of the molecule is CCOCCCNCc1ccc(-n2ccnc2)cc1. The van der Waals surface area contributed by atoms with Gasteiger partial charge in [0.05, 0.1) is 6.33 Å². The number of nitrogens with zero attached hydrogens (tertiary/aromatic N) is 2. The lowest BCUT2D eigenvalue weighted by Gasteiger charge is -2.07. The van der Waals surface area contributed by atoms with Crippen LogP contribution < -0.4 is 5.32 Å². The van der Waals surface area contributed by atoms with Crippen LogP contribution in [0.2, 0.25) is 0 Å². The van der Waals surface area contributed by atoms with Crippen LogP contribution in [0.3, 0.4) is 0 Å². The highest BCUT2D eigenvalue weighted by molar-refractivity contribution is 5.34. The number of aromatic nitrogens is 2. The van der Waals surface area contributed by atoms with Crippen molar-refractivity contribution in [2.75, 3.05) is 19.8 Å². The van der Waals surface area contributed by atoms with E-state index in [1.807, 2.05) is 17.7 Å². The van der Waals surface area contributed by atoms with Gasteiger partial charge in [0, 0.05) is 37.8 Å². The molecule has 0 aliphatic carbocycles. The summed E-state index contributed by atoms with van der Waals surface area (Å²) in [4.78, 5) is 4.04. The fraction of sp³-hybridized carbons (Fsp3) is 0.400. The molecule has 19 heavy (non-hydrogen) atoms. The van der Waals surface area contributed by atoms with Crippen LogP contribution in [0.4, 0.5) is 0 Å². The first-order chi connectivity index (χ1) is 9.40. The number of imidazole rings is 1. The van der Waals surface area contributed by atoms with Crippen molar-refractivity contribution < 1.29 is 4.74 Å². The zero-order valence-corrected chi connectivity index (χ0v) is 11.4. The predicted molar refractivity (Wildman–Crippen MR) is 76.4 cm³/mol. The van der Waals surface area contributed by atoms with Crippen LogP contribution in [0.25, 0.3) is 5.69 Å². The van der Waals surface area contributed by atoms with E-state index in [1.165, 1.54) is 5.56 Å². The van der Waals surface area contributed by atoms with Gasteiger partial charge in [0.1, 0.15) is 0 Å². The lowest BCUT2D eigenvalue weighted by molar-refractivity contribution is 0.144. The van der Waals surface area contributed by atoms with Crippen molar-refractivity contribution in [1.29, 1.82) is 0 Å². The van der Waals surface area contributed by atoms with Crippen molar-refractivity contribution in [2.24, 2.45) is 0 Å². The van der Waals surface area contributed by atoms with E-state index >= 15 is 0 Å². The first-order valence-electron chi connectivity index (χ1n) is 6.76. The van der Waals surface area contributed by atoms with Gasteiger partial charge in [-0.05, 0) is 37.6 Å². The molecular weight excluding hydrogens is 238 g/mol. The normalized spacial score (nSPS) is 10.8. The molecule has 0 fully saturated rings. The van der Waals surface area contributed by atoms with Crippen molar-refractivity contribution in [1.82, 2.24) is 14.9 Å². The molecule has 2 rings (SSSR count). The van der Waals surface area contributed by atoms with Gasteiger partial charge in [-0.25, -0.2) is 4.98 Å². The number of benzene rings is 1. The molecule has 102 valence electrons. The van der Waals surface area contributed by atoms with E-state index in [2.05, 4.69) is 34.6 Å². The minimum Gasteiger partial charge on any atom is -0.382 e. The fourth-order valence-corrected chi connectivity index (χ4v) is 1.87. The summed E-state index contributed by atoms with van der Waals surface area (Å²) < 4.78 is 7.29. The molecule has 0 saturated carbocycles. The molecule has 0 aliphatic rings. The van der Waals surface area contributed by atoms with Crippen LogP contribution in [-0.4, -0.2) is 29.3 Å². The summed E-state index contributed by atoms with van der Waals surface area (Å²) in [6.07, 6.45) is 6.59. The molecule has 0 radical (unpaired) electrons. The fourth-order valence-electron chi connectivity index (χ4n) is 1.87. The second-order valence-electron chi connectivity index (χ2n) is 4.36. The lowest BCUT2D eigenvalue weighted by atomic mass is 10.2. The molecule has 0 amide bonds. The highest BCUT2D eigenvalue weighted by atomic mass is 16.5. The van der Waals surface area contributed by atoms with E-state index < -0.39 is 0 Å². The standard InChI is InChI=1S/C15H21N3O/c1-2-19-11-3-8-16-12-14-4-6-15(7-5-14)18-10-9-17-13-18/h4-7,9-10,13,16H,2-3,8,11-12H2,1H3. The highest BCUT2D eigenvalue weighted by Gasteiger charge is 1.96. The first kappa shape index (κ1) is 13.8. The average molecular weight is 259 g/mol. The second-order valence-corrected chi connectivity index (χ2v) is 4.36. The molecule has 0 unspecified atom stereocenters. The smallest absolute Gasteiger partial charge is 0.0991 e. The first-order valence-corrected chi connectivity index (χ1v) is 6.76. The maximum Gasteiger partial charge on any atom is 0.0991 e. The molecule has 0 spiro atoms. The molecule has 1 heterocycles. The summed E-state index contributed by atoms with van der Waals surface area (Å²) in [5, 5.41) is 3.42. The minimum absolute atomic E-state index is 0.801. The van der Waals surface area contributed by atoms with Gasteiger partial charge in [-0.2, -0.15) is 0 Å². The molecule has 1 aromatic heterocycles. The number of rotatable bonds is 8. The Labute approximate surface area is 114 Å². The molecule has 0 saturated heterocycles. The van der Waals surface area contributed by atoms with E-state index in [-0.39, 0.29) is 0 Å². The Balaban J connectivity index is 1.73. The number of hydrogen-bond donors (Lipinski definition) is 1. The quantitative estimate of drug-likeness (QED) is 0.740. The number of nitrogens with one attached hydrogen (secondary N) is 1. The van der Waals surface area contributed by atoms with E-state index in [0.717, 1.165) is 38.4 Å². The minimum atomic E-state index is 0.801. The third kappa shape index (κ3) is 4.50. The van der Waals surface area contributed by atoms with Crippen molar-refractivity contribution in [3.8, 4) is 5.69 Å². The summed E-state index contributed by atoms with van der Waals surface area (Å²) in [7, 11) is 0. The Bertz CT molecular complexity index is 451. The molecule has 4 nitrogen and oxygen atoms in total. The summed E-state index contributed by atoms with van der Waals surface area (Å²) in [6.45, 7) is 5.55. The van der Waals surface area contributed by atoms with Gasteiger partial charge in [-0.15, -0.1) is 0 Å². The van der Waals surface area contributed by atoms with Gasteiger partial charge in [0.2, 0.25) is 0 Å². The van der Waals surface area contributed by atoms with Crippen LogP contribution >= 0.6 is 0 Å². The molecular formula is C15H21N3O. The molecule has 2 aromatic rings. The van der Waals surface area contributed by atoms with Gasteiger partial charge < -0.3 is 14.6 Å². The van der Waals surface area contributed by atoms with Gasteiger partial charge in [0.15, 0.2) is 0 Å². The lowest BCUT2D eigenvalue weighted by Crippen LogP contribution is -2.16. The molecule has 0 atom stereocenters. The largest absolute Gasteiger partial charge is 0.382 e. The van der Waals surface area contributed by atoms with E-state index in [0.29, 0.717) is 0 Å². The third-order valence-electron chi connectivity index (χ3n) is 2.91. The zero-order valence-electron chi connectivity index (χ0n) is 11.4. The topological polar surface area (TPSA) is 39.1 Å². The van der Waals surface area contributed by atoms with Crippen LogP contribution in [0.1, 0.15) is 18.9 Å². The van der Waals surface area contributed by atoms with E-state index in [9.17, 15) is 0 Å². The number of ether oxygens (including phenoxy) is 1. The molecule has 4 heteroatoms. The Hall–Kier alpha value is -1.65. The van der Waals surface area contributed by atoms with Gasteiger partial charge in [0.25, 0.3) is 0 Å². The Morgan fingerprint density at radius 1 is 1.26 bits per heavy atom. The maximum absolute atomic E-state index is 5.29. The van der Waals surface area contributed by atoms with Crippen molar-refractivity contribution in [3.63, 3.8) is 0 Å². The van der Waals surface area contributed by atoms with Crippen LogP contribution in [0, 0.1) is 0 Å². The Morgan fingerprint density at radius 3 is 2.79 bits per heavy atom. The monoisotopic (exact) mass is 259 g/mol. The van der Waals surface area contributed by atoms with Crippen molar-refractivity contribution in [2.45, 2.75) is 19.9 Å². The van der Waals surface area contributed by atoms with Gasteiger partial charge >= 0.3 is 0 Å². The zero-order chi connectivity index (χ0) is 13.3. The van der Waals surface area contributed by atoms with E-state index in [1.54, 1.807) is 12.5 Å². The second kappa shape index (κ2) is 7.71. The molecule has 0 aliphatic heterocycles.